The molecule has 1 aliphatic carbocycles. The fourth-order valence-electron chi connectivity index (χ4n) is 6.53. The van der Waals surface area contributed by atoms with Crippen molar-refractivity contribution in [2.45, 2.75) is 43.7 Å². The Morgan fingerprint density at radius 3 is 3.05 bits per heavy atom. The fraction of sp³-hybridized carbons (Fsp3) is 0.684. The minimum Gasteiger partial charge on any atom is -0.396 e. The highest BCUT2D eigenvalue weighted by molar-refractivity contribution is 5.64. The van der Waals surface area contributed by atoms with Gasteiger partial charge < -0.3 is 10.4 Å². The van der Waals surface area contributed by atoms with Crippen molar-refractivity contribution in [1.29, 1.82) is 0 Å². The number of nitrogens with zero attached hydrogens (tertiary/aromatic N) is 1. The van der Waals surface area contributed by atoms with Gasteiger partial charge in [-0.15, -0.1) is 0 Å². The number of aliphatic hydroxyl groups excluding tert-OH is 1. The highest BCUT2D eigenvalue weighted by atomic mass is 16.3. The maximum Gasteiger partial charge on any atom is 0.0481 e. The van der Waals surface area contributed by atoms with Crippen LogP contribution in [-0.4, -0.2) is 41.8 Å². The summed E-state index contributed by atoms with van der Waals surface area (Å²) in [6.45, 7) is 5.15. The molecule has 3 fully saturated rings. The summed E-state index contributed by atoms with van der Waals surface area (Å²) in [7, 11) is 0. The second kappa shape index (κ2) is 4.48. The number of hydrogen-bond acceptors (Lipinski definition) is 3. The van der Waals surface area contributed by atoms with Crippen LogP contribution < -0.4 is 5.32 Å². The summed E-state index contributed by atoms with van der Waals surface area (Å²) < 4.78 is 0. The van der Waals surface area contributed by atoms with E-state index >= 15 is 0 Å². The van der Waals surface area contributed by atoms with E-state index in [1.54, 1.807) is 0 Å². The monoisotopic (exact) mass is 298 g/mol. The predicted molar refractivity (Wildman–Crippen MR) is 88.0 cm³/mol. The van der Waals surface area contributed by atoms with Crippen LogP contribution in [0.5, 0.6) is 0 Å². The molecule has 3 aliphatic heterocycles. The lowest BCUT2D eigenvalue weighted by Crippen LogP contribution is -2.64. The van der Waals surface area contributed by atoms with Crippen molar-refractivity contribution < 1.29 is 5.11 Å². The molecule has 1 spiro atoms. The van der Waals surface area contributed by atoms with E-state index in [2.05, 4.69) is 41.4 Å². The molecule has 0 aromatic heterocycles. The van der Waals surface area contributed by atoms with Crippen LogP contribution in [0.2, 0.25) is 0 Å². The predicted octanol–water partition coefficient (Wildman–Crippen LogP) is 2.46. The zero-order valence-corrected chi connectivity index (χ0v) is 13.3. The van der Waals surface area contributed by atoms with Crippen LogP contribution in [-0.2, 0) is 5.41 Å². The largest absolute Gasteiger partial charge is 0.396 e. The number of hydrogen-bond donors (Lipinski definition) is 2. The summed E-state index contributed by atoms with van der Waals surface area (Å²) in [4.78, 5) is 2.77. The molecule has 5 rings (SSSR count). The van der Waals surface area contributed by atoms with E-state index < -0.39 is 0 Å². The highest BCUT2D eigenvalue weighted by Gasteiger charge is 2.65. The third-order valence-corrected chi connectivity index (χ3v) is 7.43. The van der Waals surface area contributed by atoms with Crippen molar-refractivity contribution in [2.24, 2.45) is 17.8 Å². The van der Waals surface area contributed by atoms with Gasteiger partial charge in [0.15, 0.2) is 0 Å². The summed E-state index contributed by atoms with van der Waals surface area (Å²) in [6.07, 6.45) is 3.79. The first-order valence-electron chi connectivity index (χ1n) is 9.00. The van der Waals surface area contributed by atoms with Crippen molar-refractivity contribution in [3.63, 3.8) is 0 Å². The Bertz CT molecular complexity index is 603. The van der Waals surface area contributed by atoms with Crippen LogP contribution in [0.25, 0.3) is 0 Å². The van der Waals surface area contributed by atoms with Crippen molar-refractivity contribution in [3.05, 3.63) is 29.8 Å². The number of nitrogens with one attached hydrogen (secondary N) is 1. The minimum absolute atomic E-state index is 0.249. The number of rotatable bonds is 2. The van der Waals surface area contributed by atoms with Crippen LogP contribution >= 0.6 is 0 Å². The Balaban J connectivity index is 1.68. The van der Waals surface area contributed by atoms with Crippen LogP contribution in [0.15, 0.2) is 24.3 Å². The summed E-state index contributed by atoms with van der Waals surface area (Å²) in [5, 5.41) is 14.1. The maximum absolute atomic E-state index is 10.2. The first-order valence-corrected chi connectivity index (χ1v) is 9.00. The smallest absolute Gasteiger partial charge is 0.0481 e. The van der Waals surface area contributed by atoms with Crippen molar-refractivity contribution in [3.8, 4) is 0 Å². The van der Waals surface area contributed by atoms with Gasteiger partial charge in [-0.2, -0.15) is 0 Å². The molecule has 22 heavy (non-hydrogen) atoms. The maximum atomic E-state index is 10.2. The summed E-state index contributed by atoms with van der Waals surface area (Å²) >= 11 is 0. The number of anilines is 1. The van der Waals surface area contributed by atoms with Crippen LogP contribution in [0.1, 0.15) is 31.7 Å². The lowest BCUT2D eigenvalue weighted by molar-refractivity contribution is -0.0363. The number of fused-ring (bicyclic) bond motifs is 2. The molecule has 6 atom stereocenters. The molecular weight excluding hydrogens is 272 g/mol. The quantitative estimate of drug-likeness (QED) is 0.880. The third-order valence-electron chi connectivity index (χ3n) is 7.43. The minimum atomic E-state index is 0.249. The average molecular weight is 298 g/mol. The van der Waals surface area contributed by atoms with Gasteiger partial charge in [-0.1, -0.05) is 31.5 Å². The Kier molecular flexibility index (Phi) is 2.73. The van der Waals surface area contributed by atoms with Gasteiger partial charge in [0.05, 0.1) is 0 Å². The lowest BCUT2D eigenvalue weighted by Gasteiger charge is -2.56. The third kappa shape index (κ3) is 1.40. The molecule has 0 amide bonds. The summed E-state index contributed by atoms with van der Waals surface area (Å²) in [6, 6.07) is 10.0. The van der Waals surface area contributed by atoms with Crippen LogP contribution in [0, 0.1) is 17.8 Å². The van der Waals surface area contributed by atoms with Gasteiger partial charge in [0.1, 0.15) is 0 Å². The molecule has 1 aromatic carbocycles. The molecule has 3 heterocycles. The first kappa shape index (κ1) is 13.4. The van der Waals surface area contributed by atoms with Gasteiger partial charge in [0.25, 0.3) is 0 Å². The van der Waals surface area contributed by atoms with E-state index in [9.17, 15) is 5.11 Å². The molecular formula is C19H26N2O. The van der Waals surface area contributed by atoms with Crippen molar-refractivity contribution in [1.82, 2.24) is 4.90 Å². The zero-order valence-electron chi connectivity index (χ0n) is 13.3. The molecule has 3 unspecified atom stereocenters. The van der Waals surface area contributed by atoms with Gasteiger partial charge >= 0.3 is 0 Å². The number of para-hydroxylation sites is 1. The molecule has 3 nitrogen and oxygen atoms in total. The van der Waals surface area contributed by atoms with Gasteiger partial charge in [-0.05, 0) is 42.9 Å². The van der Waals surface area contributed by atoms with Gasteiger partial charge in [-0.3, -0.25) is 4.90 Å². The Labute approximate surface area is 132 Å². The van der Waals surface area contributed by atoms with Gasteiger partial charge in [0, 0.05) is 42.3 Å². The van der Waals surface area contributed by atoms with Crippen molar-refractivity contribution >= 4 is 5.69 Å². The summed E-state index contributed by atoms with van der Waals surface area (Å²) in [5.74, 6) is 1.86. The SMILES string of the molecule is CC[C@@H]1CN2CC[C@]34c5ccccc5NC3[C@@H](CO)C1CC24. The van der Waals surface area contributed by atoms with E-state index in [0.29, 0.717) is 30.5 Å². The zero-order chi connectivity index (χ0) is 14.9. The molecule has 2 N–H and O–H groups in total. The number of aliphatic hydroxyl groups is 1. The molecule has 4 aliphatic rings. The second-order valence-electron chi connectivity index (χ2n) is 7.88. The molecule has 2 bridgehead atoms. The van der Waals surface area contributed by atoms with E-state index in [1.165, 1.54) is 43.6 Å². The second-order valence-corrected chi connectivity index (χ2v) is 7.88. The lowest BCUT2D eigenvalue weighted by atomic mass is 9.54. The molecule has 2 saturated heterocycles. The Hall–Kier alpha value is -1.06. The topological polar surface area (TPSA) is 35.5 Å². The van der Waals surface area contributed by atoms with Gasteiger partial charge in [-0.25, -0.2) is 0 Å². The Morgan fingerprint density at radius 2 is 2.23 bits per heavy atom. The molecule has 1 aromatic rings. The highest BCUT2D eigenvalue weighted by Crippen LogP contribution is 2.61. The van der Waals surface area contributed by atoms with Crippen LogP contribution in [0.3, 0.4) is 0 Å². The van der Waals surface area contributed by atoms with E-state index in [1.807, 2.05) is 0 Å². The van der Waals surface area contributed by atoms with Gasteiger partial charge in [0.2, 0.25) is 0 Å². The molecule has 3 heteroatoms. The van der Waals surface area contributed by atoms with E-state index in [0.717, 1.165) is 5.92 Å². The van der Waals surface area contributed by atoms with E-state index in [4.69, 9.17) is 0 Å². The Morgan fingerprint density at radius 1 is 1.36 bits per heavy atom. The molecule has 1 saturated carbocycles. The first-order chi connectivity index (χ1) is 10.8. The standard InChI is InChI=1S/C19H26N2O/c1-2-12-10-21-8-7-19-15-5-3-4-6-16(15)20-18(19)14(11-22)13(12)9-17(19)21/h3-6,12-14,17-18,20,22H,2,7-11H2,1H3/t12-,13?,14+,17?,18?,19-/m1/s1. The number of piperidine rings is 1. The summed E-state index contributed by atoms with van der Waals surface area (Å²) in [5.41, 5.74) is 3.10. The number of benzene rings is 1. The van der Waals surface area contributed by atoms with Crippen molar-refractivity contribution in [2.75, 3.05) is 25.0 Å². The van der Waals surface area contributed by atoms with Crippen LogP contribution in [0.4, 0.5) is 5.69 Å². The van der Waals surface area contributed by atoms with E-state index in [-0.39, 0.29) is 5.41 Å². The normalized spacial score (nSPS) is 45.3. The fourth-order valence-corrected chi connectivity index (χ4v) is 6.53. The average Bonchev–Trinajstić information content (AvgIpc) is 3.11. The molecule has 0 radical (unpaired) electrons. The molecule has 118 valence electrons.